The maximum atomic E-state index is 9.00. The van der Waals surface area contributed by atoms with E-state index < -0.39 is 5.97 Å². The van der Waals surface area contributed by atoms with Gasteiger partial charge in [0, 0.05) is 12.5 Å². The molecule has 4 heteroatoms. The lowest BCUT2D eigenvalue weighted by atomic mass is 10.3. The summed E-state index contributed by atoms with van der Waals surface area (Å²) in [6, 6.07) is 0. The van der Waals surface area contributed by atoms with Gasteiger partial charge in [-0.2, -0.15) is 0 Å². The Kier molecular flexibility index (Phi) is 3.90. The maximum Gasteiger partial charge on any atom is 0.300 e. The van der Waals surface area contributed by atoms with E-state index in [1.54, 1.807) is 13.8 Å². The van der Waals surface area contributed by atoms with E-state index in [-0.39, 0.29) is 5.75 Å². The van der Waals surface area contributed by atoms with Crippen LogP contribution in [0.5, 0.6) is 5.75 Å². The quantitative estimate of drug-likeness (QED) is 0.624. The summed E-state index contributed by atoms with van der Waals surface area (Å²) >= 11 is 0. The highest BCUT2D eigenvalue weighted by atomic mass is 16.4. The van der Waals surface area contributed by atoms with Crippen LogP contribution in [0.15, 0.2) is 10.7 Å². The molecule has 1 rings (SSSR count). The number of aryl methyl sites for hydroxylation is 2. The first-order chi connectivity index (χ1) is 5.45. The van der Waals surface area contributed by atoms with Crippen molar-refractivity contribution in [2.75, 3.05) is 0 Å². The van der Waals surface area contributed by atoms with Gasteiger partial charge in [0.2, 0.25) is 0 Å². The third-order valence-electron chi connectivity index (χ3n) is 1.12. The molecular weight excluding hydrogens is 160 g/mol. The van der Waals surface area contributed by atoms with Gasteiger partial charge in [0.1, 0.15) is 5.76 Å². The minimum absolute atomic E-state index is 0.269. The second kappa shape index (κ2) is 4.43. The Balaban J connectivity index is 0.000000261. The van der Waals surface area contributed by atoms with Crippen molar-refractivity contribution >= 4 is 5.97 Å². The van der Waals surface area contributed by atoms with Crippen LogP contribution >= 0.6 is 0 Å². The Labute approximate surface area is 70.4 Å². The number of rotatable bonds is 0. The van der Waals surface area contributed by atoms with Gasteiger partial charge >= 0.3 is 0 Å². The smallest absolute Gasteiger partial charge is 0.300 e. The van der Waals surface area contributed by atoms with Crippen molar-refractivity contribution < 1.29 is 19.4 Å². The molecule has 68 valence electrons. The van der Waals surface area contributed by atoms with Crippen LogP contribution in [0.3, 0.4) is 0 Å². The molecule has 0 atom stereocenters. The number of aliphatic carboxylic acids is 1. The molecule has 0 aliphatic carbocycles. The molecule has 1 aromatic rings. The van der Waals surface area contributed by atoms with Crippen molar-refractivity contribution in [3.8, 4) is 5.75 Å². The highest BCUT2D eigenvalue weighted by Crippen LogP contribution is 2.21. The topological polar surface area (TPSA) is 70.7 Å². The molecule has 0 fully saturated rings. The first kappa shape index (κ1) is 10.6. The van der Waals surface area contributed by atoms with Gasteiger partial charge in [-0.25, -0.2) is 0 Å². The lowest BCUT2D eigenvalue weighted by Crippen LogP contribution is -1.78. The van der Waals surface area contributed by atoms with Crippen LogP contribution in [0.4, 0.5) is 0 Å². The van der Waals surface area contributed by atoms with E-state index in [0.29, 0.717) is 5.76 Å². The summed E-state index contributed by atoms with van der Waals surface area (Å²) in [4.78, 5) is 9.00. The number of aromatic hydroxyl groups is 1. The Morgan fingerprint density at radius 1 is 1.50 bits per heavy atom. The molecule has 2 N–H and O–H groups in total. The number of carbonyl (C=O) groups is 1. The average molecular weight is 172 g/mol. The van der Waals surface area contributed by atoms with Gasteiger partial charge in [-0.05, 0) is 13.8 Å². The Bertz CT molecular complexity index is 239. The molecule has 12 heavy (non-hydrogen) atoms. The highest BCUT2D eigenvalue weighted by molar-refractivity contribution is 5.62. The first-order valence-electron chi connectivity index (χ1n) is 3.38. The van der Waals surface area contributed by atoms with Crippen LogP contribution in [-0.2, 0) is 4.79 Å². The van der Waals surface area contributed by atoms with Gasteiger partial charge in [0.25, 0.3) is 5.97 Å². The van der Waals surface area contributed by atoms with Crippen LogP contribution in [0.1, 0.15) is 18.2 Å². The molecule has 1 heterocycles. The highest BCUT2D eigenvalue weighted by Gasteiger charge is 2.01. The van der Waals surface area contributed by atoms with Crippen LogP contribution in [0.25, 0.3) is 0 Å². The minimum atomic E-state index is -0.833. The van der Waals surface area contributed by atoms with Crippen LogP contribution in [0.2, 0.25) is 0 Å². The number of carboxylic acids is 1. The number of furan rings is 1. The average Bonchev–Trinajstić information content (AvgIpc) is 2.19. The maximum absolute atomic E-state index is 9.00. The van der Waals surface area contributed by atoms with Gasteiger partial charge in [0.05, 0.1) is 6.26 Å². The normalized spacial score (nSPS) is 8.58. The fourth-order valence-corrected chi connectivity index (χ4v) is 0.566. The van der Waals surface area contributed by atoms with Crippen molar-refractivity contribution in [1.82, 2.24) is 0 Å². The molecule has 0 amide bonds. The fourth-order valence-electron chi connectivity index (χ4n) is 0.566. The summed E-state index contributed by atoms with van der Waals surface area (Å²) in [5, 5.41) is 16.4. The summed E-state index contributed by atoms with van der Waals surface area (Å²) in [5.41, 5.74) is 0.794. The molecule has 0 saturated carbocycles. The third kappa shape index (κ3) is 3.65. The lowest BCUT2D eigenvalue weighted by molar-refractivity contribution is -0.134. The van der Waals surface area contributed by atoms with E-state index in [9.17, 15) is 0 Å². The standard InChI is InChI=1S/C6H8O2.C2H4O2/c1-4-3-8-5(2)6(4)7;1-2(3)4/h3,7H,1-2H3;1H3,(H,3,4). The summed E-state index contributed by atoms with van der Waals surface area (Å²) in [7, 11) is 0. The van der Waals surface area contributed by atoms with E-state index in [2.05, 4.69) is 0 Å². The molecule has 0 aliphatic heterocycles. The van der Waals surface area contributed by atoms with Crippen molar-refractivity contribution in [2.45, 2.75) is 20.8 Å². The van der Waals surface area contributed by atoms with Crippen molar-refractivity contribution in [3.05, 3.63) is 17.6 Å². The predicted molar refractivity (Wildman–Crippen MR) is 43.2 cm³/mol. The molecule has 0 aromatic carbocycles. The first-order valence-corrected chi connectivity index (χ1v) is 3.38. The van der Waals surface area contributed by atoms with Crippen LogP contribution in [0, 0.1) is 13.8 Å². The second-order valence-electron chi connectivity index (χ2n) is 2.34. The molecule has 0 radical (unpaired) electrons. The molecule has 0 aliphatic rings. The number of carboxylic acid groups (broad SMARTS) is 1. The zero-order chi connectivity index (χ0) is 9.72. The van der Waals surface area contributed by atoms with Gasteiger partial charge < -0.3 is 14.6 Å². The van der Waals surface area contributed by atoms with E-state index in [4.69, 9.17) is 19.4 Å². The van der Waals surface area contributed by atoms with E-state index >= 15 is 0 Å². The number of hydrogen-bond donors (Lipinski definition) is 2. The largest absolute Gasteiger partial charge is 0.504 e. The zero-order valence-electron chi connectivity index (χ0n) is 7.29. The minimum Gasteiger partial charge on any atom is -0.504 e. The van der Waals surface area contributed by atoms with Gasteiger partial charge in [-0.3, -0.25) is 4.79 Å². The molecule has 0 saturated heterocycles. The zero-order valence-corrected chi connectivity index (χ0v) is 7.29. The predicted octanol–water partition coefficient (Wildman–Crippen LogP) is 1.69. The summed E-state index contributed by atoms with van der Waals surface area (Å²) < 4.78 is 4.84. The fraction of sp³-hybridized carbons (Fsp3) is 0.375. The molecule has 1 aromatic heterocycles. The Morgan fingerprint density at radius 3 is 2.00 bits per heavy atom. The Morgan fingerprint density at radius 2 is 1.92 bits per heavy atom. The summed E-state index contributed by atoms with van der Waals surface area (Å²) in [5.74, 6) is 0.0208. The van der Waals surface area contributed by atoms with E-state index in [1.807, 2.05) is 0 Å². The molecular formula is C8H12O4. The van der Waals surface area contributed by atoms with Crippen molar-refractivity contribution in [2.24, 2.45) is 0 Å². The van der Waals surface area contributed by atoms with Gasteiger partial charge in [-0.15, -0.1) is 0 Å². The number of hydrogen-bond acceptors (Lipinski definition) is 3. The van der Waals surface area contributed by atoms with Gasteiger partial charge in [-0.1, -0.05) is 0 Å². The van der Waals surface area contributed by atoms with Crippen molar-refractivity contribution in [1.29, 1.82) is 0 Å². The summed E-state index contributed by atoms with van der Waals surface area (Å²) in [6.07, 6.45) is 1.53. The van der Waals surface area contributed by atoms with Crippen LogP contribution in [-0.4, -0.2) is 16.2 Å². The van der Waals surface area contributed by atoms with Gasteiger partial charge in [0.15, 0.2) is 5.75 Å². The molecule has 4 nitrogen and oxygen atoms in total. The SMILES string of the molecule is CC(=O)O.Cc1coc(C)c1O. The second-order valence-corrected chi connectivity index (χ2v) is 2.34. The van der Waals surface area contributed by atoms with E-state index in [1.165, 1.54) is 6.26 Å². The molecule has 0 bridgehead atoms. The molecule has 0 spiro atoms. The van der Waals surface area contributed by atoms with E-state index in [0.717, 1.165) is 12.5 Å². The van der Waals surface area contributed by atoms with Crippen LogP contribution < -0.4 is 0 Å². The van der Waals surface area contributed by atoms with Crippen molar-refractivity contribution in [3.63, 3.8) is 0 Å². The third-order valence-corrected chi connectivity index (χ3v) is 1.12. The lowest BCUT2D eigenvalue weighted by Gasteiger charge is -1.83. The monoisotopic (exact) mass is 172 g/mol. The Hall–Kier alpha value is -1.45. The molecule has 0 unspecified atom stereocenters. The summed E-state index contributed by atoms with van der Waals surface area (Å²) in [6.45, 7) is 4.61.